The molecule has 0 unspecified atom stereocenters. The summed E-state index contributed by atoms with van der Waals surface area (Å²) < 4.78 is 27.2. The third kappa shape index (κ3) is 4.08. The van der Waals surface area contributed by atoms with E-state index in [1.165, 1.54) is 0 Å². The first-order valence-corrected chi connectivity index (χ1v) is 11.1. The maximum absolute atomic E-state index is 13.1. The van der Waals surface area contributed by atoms with E-state index in [0.29, 0.717) is 30.0 Å². The Kier molecular flexibility index (Phi) is 6.42. The molecule has 0 spiro atoms. The van der Waals surface area contributed by atoms with Crippen LogP contribution in [0.25, 0.3) is 4.91 Å². The van der Waals surface area contributed by atoms with Crippen molar-refractivity contribution in [2.75, 3.05) is 13.1 Å². The molecule has 2 aromatic carbocycles. The van der Waals surface area contributed by atoms with Crippen molar-refractivity contribution in [3.8, 4) is 0 Å². The second-order valence-corrected chi connectivity index (χ2v) is 8.78. The number of nitrogens with zero attached hydrogens (tertiary/aromatic N) is 1. The molecule has 1 N–H and O–H groups in total. The van der Waals surface area contributed by atoms with Crippen LogP contribution < -0.4 is 5.32 Å². The molecule has 2 aromatic rings. The Balaban J connectivity index is 1.91. The summed E-state index contributed by atoms with van der Waals surface area (Å²) in [5.41, 5.74) is 1.58. The second-order valence-electron chi connectivity index (χ2n) is 6.57. The highest BCUT2D eigenvalue weighted by molar-refractivity contribution is 7.99. The van der Waals surface area contributed by atoms with Crippen LogP contribution in [0.4, 0.5) is 0 Å². The average molecular weight is 419 g/mol. The molecule has 148 valence electrons. The van der Waals surface area contributed by atoms with E-state index in [2.05, 4.69) is 5.32 Å². The van der Waals surface area contributed by atoms with Crippen LogP contribution in [0.5, 0.6) is 0 Å². The van der Waals surface area contributed by atoms with Crippen LogP contribution in [0.1, 0.15) is 30.9 Å². The van der Waals surface area contributed by atoms with Crippen LogP contribution in [0.3, 0.4) is 0 Å². The number of nitrogens with one attached hydrogen (secondary N) is 1. The lowest BCUT2D eigenvalue weighted by molar-refractivity contribution is -0.122. The van der Waals surface area contributed by atoms with E-state index in [9.17, 15) is 13.2 Å². The van der Waals surface area contributed by atoms with Gasteiger partial charge in [-0.3, -0.25) is 4.79 Å². The number of unbranched alkanes of at least 4 members (excludes halogenated alkanes) is 1. The zero-order valence-corrected chi connectivity index (χ0v) is 17.3. The largest absolute Gasteiger partial charge is 0.379 e. The van der Waals surface area contributed by atoms with Gasteiger partial charge in [0.2, 0.25) is 0 Å². The molecule has 0 saturated heterocycles. The molecule has 0 fully saturated rings. The zero-order chi connectivity index (χ0) is 20.1. The first kappa shape index (κ1) is 20.4. The molecular weight excluding hydrogens is 396 g/mol. The molecule has 0 aromatic heterocycles. The molecule has 3 rings (SSSR count). The summed E-state index contributed by atoms with van der Waals surface area (Å²) in [4.78, 5) is 13.0. The second kappa shape index (κ2) is 8.80. The van der Waals surface area contributed by atoms with E-state index in [1.807, 2.05) is 37.3 Å². The molecule has 1 heterocycles. The quantitative estimate of drug-likeness (QED) is 0.707. The highest BCUT2D eigenvalue weighted by Crippen LogP contribution is 2.34. The van der Waals surface area contributed by atoms with Gasteiger partial charge in [-0.25, -0.2) is 12.7 Å². The lowest BCUT2D eigenvalue weighted by Gasteiger charge is -2.16. The minimum atomic E-state index is -3.88. The van der Waals surface area contributed by atoms with Gasteiger partial charge in [-0.1, -0.05) is 73.5 Å². The SMILES string of the molecule is CCCCN1C(=O)C(NCCc2ccccc2Cl)=C(c2ccccc2)S1(=O)=O. The monoisotopic (exact) mass is 418 g/mol. The first-order chi connectivity index (χ1) is 13.5. The van der Waals surface area contributed by atoms with Gasteiger partial charge in [-0.05, 0) is 30.0 Å². The normalized spacial score (nSPS) is 15.9. The van der Waals surface area contributed by atoms with Gasteiger partial charge in [0.1, 0.15) is 10.6 Å². The molecule has 28 heavy (non-hydrogen) atoms. The molecular formula is C21H23ClN2O3S. The van der Waals surface area contributed by atoms with Gasteiger partial charge >= 0.3 is 0 Å². The number of carbonyl (C=O) groups is 1. The van der Waals surface area contributed by atoms with Gasteiger partial charge < -0.3 is 5.32 Å². The predicted octanol–water partition coefficient (Wildman–Crippen LogP) is 3.81. The number of hydrogen-bond donors (Lipinski definition) is 1. The molecule has 0 radical (unpaired) electrons. The summed E-state index contributed by atoms with van der Waals surface area (Å²) >= 11 is 6.19. The lowest BCUT2D eigenvalue weighted by atomic mass is 10.1. The van der Waals surface area contributed by atoms with Gasteiger partial charge in [-0.2, -0.15) is 0 Å². The number of benzene rings is 2. The highest BCUT2D eigenvalue weighted by Gasteiger charge is 2.43. The van der Waals surface area contributed by atoms with Crippen molar-refractivity contribution < 1.29 is 13.2 Å². The van der Waals surface area contributed by atoms with Crippen LogP contribution in [-0.2, 0) is 21.2 Å². The van der Waals surface area contributed by atoms with Gasteiger partial charge in [0.05, 0.1) is 0 Å². The number of rotatable bonds is 8. The topological polar surface area (TPSA) is 66.5 Å². The third-order valence-electron chi connectivity index (χ3n) is 4.62. The van der Waals surface area contributed by atoms with E-state index in [4.69, 9.17) is 11.6 Å². The van der Waals surface area contributed by atoms with Crippen LogP contribution >= 0.6 is 11.6 Å². The zero-order valence-electron chi connectivity index (χ0n) is 15.7. The van der Waals surface area contributed by atoms with Crippen LogP contribution in [-0.4, -0.2) is 31.7 Å². The van der Waals surface area contributed by atoms with E-state index < -0.39 is 15.9 Å². The summed E-state index contributed by atoms with van der Waals surface area (Å²) in [6.07, 6.45) is 2.00. The number of amides is 1. The molecule has 7 heteroatoms. The van der Waals surface area contributed by atoms with Gasteiger partial charge in [-0.15, -0.1) is 0 Å². The van der Waals surface area contributed by atoms with E-state index in [1.54, 1.807) is 24.3 Å². The smallest absolute Gasteiger partial charge is 0.285 e. The molecule has 5 nitrogen and oxygen atoms in total. The van der Waals surface area contributed by atoms with Crippen molar-refractivity contribution >= 4 is 32.4 Å². The number of halogens is 1. The van der Waals surface area contributed by atoms with Gasteiger partial charge in [0.15, 0.2) is 0 Å². The minimum absolute atomic E-state index is 0.0494. The van der Waals surface area contributed by atoms with Crippen molar-refractivity contribution in [1.82, 2.24) is 9.62 Å². The summed E-state index contributed by atoms with van der Waals surface area (Å²) in [6.45, 7) is 2.55. The maximum Gasteiger partial charge on any atom is 0.285 e. The fourth-order valence-electron chi connectivity index (χ4n) is 3.16. The fraction of sp³-hybridized carbons (Fsp3) is 0.286. The van der Waals surface area contributed by atoms with Crippen molar-refractivity contribution in [2.45, 2.75) is 26.2 Å². The minimum Gasteiger partial charge on any atom is -0.379 e. The Morgan fingerprint density at radius 2 is 1.71 bits per heavy atom. The summed E-state index contributed by atoms with van der Waals surface area (Å²) in [5, 5.41) is 3.72. The van der Waals surface area contributed by atoms with Crippen molar-refractivity contribution in [1.29, 1.82) is 0 Å². The molecule has 1 aliphatic heterocycles. The molecule has 0 atom stereocenters. The Hall–Kier alpha value is -2.31. The van der Waals surface area contributed by atoms with Crippen molar-refractivity contribution in [2.24, 2.45) is 0 Å². The molecule has 1 amide bonds. The number of sulfonamides is 1. The summed E-state index contributed by atoms with van der Waals surface area (Å²) in [5.74, 6) is -0.494. The van der Waals surface area contributed by atoms with E-state index in [-0.39, 0.29) is 17.1 Å². The number of carbonyl (C=O) groups excluding carboxylic acids is 1. The number of hydrogen-bond acceptors (Lipinski definition) is 4. The van der Waals surface area contributed by atoms with E-state index in [0.717, 1.165) is 16.3 Å². The van der Waals surface area contributed by atoms with Gasteiger partial charge in [0, 0.05) is 18.1 Å². The van der Waals surface area contributed by atoms with Crippen LogP contribution in [0, 0.1) is 0 Å². The standard InChI is InChI=1S/C21H23ClN2O3S/c1-2-3-15-24-21(25)19(23-14-13-16-9-7-8-12-18(16)22)20(28(24,26)27)17-10-5-4-6-11-17/h4-12,23H,2-3,13-15H2,1H3. The first-order valence-electron chi connectivity index (χ1n) is 9.31. The van der Waals surface area contributed by atoms with Crippen LogP contribution in [0.15, 0.2) is 60.3 Å². The Morgan fingerprint density at radius 1 is 1.04 bits per heavy atom. The Labute approximate surface area is 171 Å². The summed E-state index contributed by atoms with van der Waals surface area (Å²) in [6, 6.07) is 16.2. The van der Waals surface area contributed by atoms with Crippen molar-refractivity contribution in [3.05, 3.63) is 76.4 Å². The lowest BCUT2D eigenvalue weighted by Crippen LogP contribution is -2.34. The molecule has 0 bridgehead atoms. The third-order valence-corrected chi connectivity index (χ3v) is 6.87. The highest BCUT2D eigenvalue weighted by atomic mass is 35.5. The van der Waals surface area contributed by atoms with Gasteiger partial charge in [0.25, 0.3) is 15.9 Å². The Bertz CT molecular complexity index is 988. The Morgan fingerprint density at radius 3 is 2.39 bits per heavy atom. The van der Waals surface area contributed by atoms with E-state index >= 15 is 0 Å². The molecule has 1 aliphatic rings. The average Bonchev–Trinajstić information content (AvgIpc) is 2.87. The van der Waals surface area contributed by atoms with Crippen LogP contribution in [0.2, 0.25) is 5.02 Å². The molecule has 0 aliphatic carbocycles. The maximum atomic E-state index is 13.1. The fourth-order valence-corrected chi connectivity index (χ4v) is 5.14. The molecule has 0 saturated carbocycles. The summed E-state index contributed by atoms with van der Waals surface area (Å²) in [7, 11) is -3.88. The van der Waals surface area contributed by atoms with Crippen molar-refractivity contribution in [3.63, 3.8) is 0 Å². The predicted molar refractivity (Wildman–Crippen MR) is 112 cm³/mol.